The number of hydrogen-bond acceptors (Lipinski definition) is 1. The first-order chi connectivity index (χ1) is 9.70. The third kappa shape index (κ3) is 4.35. The summed E-state index contributed by atoms with van der Waals surface area (Å²) in [5.74, 6) is 0.956. The van der Waals surface area contributed by atoms with E-state index in [-0.39, 0.29) is 0 Å². The molecule has 0 aliphatic heterocycles. The molecule has 0 N–H and O–H groups in total. The van der Waals surface area contributed by atoms with Crippen molar-refractivity contribution in [2.45, 2.75) is 19.8 Å². The van der Waals surface area contributed by atoms with E-state index in [9.17, 15) is 0 Å². The molecule has 0 unspecified atom stereocenters. The van der Waals surface area contributed by atoms with E-state index in [2.05, 4.69) is 81.2 Å². The smallest absolute Gasteiger partial charge is 0.119 e. The molecule has 106 valence electrons. The number of unbranched alkanes of at least 4 members (excludes halogenated alkanes) is 1. The Balaban J connectivity index is 2.07. The first-order valence-corrected chi connectivity index (χ1v) is 8.67. The molecule has 0 aliphatic carbocycles. The van der Waals surface area contributed by atoms with Crippen LogP contribution in [-0.4, -0.2) is 11.9 Å². The van der Waals surface area contributed by atoms with Crippen molar-refractivity contribution in [3.05, 3.63) is 52.5 Å². The van der Waals surface area contributed by atoms with Gasteiger partial charge in [0.25, 0.3) is 0 Å². The molecule has 0 heterocycles. The average Bonchev–Trinajstić information content (AvgIpc) is 2.45. The highest BCUT2D eigenvalue weighted by atomic mass is 79.9. The summed E-state index contributed by atoms with van der Waals surface area (Å²) in [6.45, 7) is 2.91. The number of hydrogen-bond donors (Lipinski definition) is 0. The molecule has 2 rings (SSSR count). The largest absolute Gasteiger partial charge is 0.494 e. The highest BCUT2D eigenvalue weighted by molar-refractivity contribution is 9.10. The third-order valence-corrected chi connectivity index (χ3v) is 4.24. The van der Waals surface area contributed by atoms with Gasteiger partial charge < -0.3 is 4.74 Å². The van der Waals surface area contributed by atoms with Crippen LogP contribution in [-0.2, 0) is 0 Å². The van der Waals surface area contributed by atoms with Crippen LogP contribution >= 0.6 is 31.9 Å². The summed E-state index contributed by atoms with van der Waals surface area (Å²) >= 11 is 6.89. The predicted molar refractivity (Wildman–Crippen MR) is 92.8 cm³/mol. The highest BCUT2D eigenvalue weighted by Gasteiger charge is 2.04. The molecule has 2 aromatic rings. The van der Waals surface area contributed by atoms with E-state index < -0.39 is 0 Å². The Morgan fingerprint density at radius 1 is 1.00 bits per heavy atom. The second-order valence-electron chi connectivity index (χ2n) is 4.73. The molecule has 0 atom stereocenters. The van der Waals surface area contributed by atoms with E-state index in [0.717, 1.165) is 35.0 Å². The lowest BCUT2D eigenvalue weighted by Gasteiger charge is -2.10. The van der Waals surface area contributed by atoms with Gasteiger partial charge in [-0.3, -0.25) is 0 Å². The second kappa shape index (κ2) is 7.84. The fourth-order valence-corrected chi connectivity index (χ4v) is 2.73. The summed E-state index contributed by atoms with van der Waals surface area (Å²) in [6.07, 6.45) is 2.23. The zero-order chi connectivity index (χ0) is 14.4. The summed E-state index contributed by atoms with van der Waals surface area (Å²) in [5, 5.41) is 1.04. The van der Waals surface area contributed by atoms with Crippen LogP contribution in [0.4, 0.5) is 0 Å². The van der Waals surface area contributed by atoms with E-state index >= 15 is 0 Å². The van der Waals surface area contributed by atoms with Crippen LogP contribution in [0.1, 0.15) is 18.4 Å². The molecule has 0 saturated heterocycles. The minimum Gasteiger partial charge on any atom is -0.494 e. The summed E-state index contributed by atoms with van der Waals surface area (Å²) in [5.41, 5.74) is 3.73. The quantitative estimate of drug-likeness (QED) is 0.430. The summed E-state index contributed by atoms with van der Waals surface area (Å²) < 4.78 is 6.87. The van der Waals surface area contributed by atoms with Gasteiger partial charge in [0.1, 0.15) is 5.75 Å². The Kier molecular flexibility index (Phi) is 6.11. The number of ether oxygens (including phenoxy) is 1. The van der Waals surface area contributed by atoms with Crippen molar-refractivity contribution >= 4 is 31.9 Å². The van der Waals surface area contributed by atoms with Crippen LogP contribution in [0.3, 0.4) is 0 Å². The summed E-state index contributed by atoms with van der Waals surface area (Å²) in [7, 11) is 0. The van der Waals surface area contributed by atoms with Crippen LogP contribution in [0.25, 0.3) is 11.1 Å². The van der Waals surface area contributed by atoms with Gasteiger partial charge in [-0.15, -0.1) is 0 Å². The minimum atomic E-state index is 0.780. The number of rotatable bonds is 6. The lowest BCUT2D eigenvalue weighted by atomic mass is 10.0. The van der Waals surface area contributed by atoms with E-state index in [1.165, 1.54) is 16.7 Å². The summed E-state index contributed by atoms with van der Waals surface area (Å²) in [6, 6.07) is 14.7. The van der Waals surface area contributed by atoms with Crippen LogP contribution in [0.5, 0.6) is 5.75 Å². The Bertz CT molecular complexity index is 549. The van der Waals surface area contributed by atoms with Gasteiger partial charge in [-0.05, 0) is 60.7 Å². The number of benzene rings is 2. The molecule has 2 aromatic carbocycles. The molecule has 0 fully saturated rings. The van der Waals surface area contributed by atoms with Gasteiger partial charge in [-0.1, -0.05) is 50.1 Å². The van der Waals surface area contributed by atoms with Gasteiger partial charge in [-0.25, -0.2) is 0 Å². The standard InChI is InChI=1S/C17H18Br2O/c1-13-12-16(20-11-3-2-10-18)8-9-17(13)14-4-6-15(19)7-5-14/h4-9,12H,2-3,10-11H2,1H3. The third-order valence-electron chi connectivity index (χ3n) is 3.15. The Hall–Kier alpha value is -0.800. The SMILES string of the molecule is Cc1cc(OCCCCBr)ccc1-c1ccc(Br)cc1. The van der Waals surface area contributed by atoms with E-state index in [1.807, 2.05) is 0 Å². The van der Waals surface area contributed by atoms with E-state index in [1.54, 1.807) is 0 Å². The fraction of sp³-hybridized carbons (Fsp3) is 0.294. The molecular weight excluding hydrogens is 380 g/mol. The van der Waals surface area contributed by atoms with Crippen LogP contribution in [0.2, 0.25) is 0 Å². The molecule has 3 heteroatoms. The molecule has 0 spiro atoms. The lowest BCUT2D eigenvalue weighted by molar-refractivity contribution is 0.310. The maximum atomic E-state index is 5.77. The molecular formula is C17H18Br2O. The van der Waals surface area contributed by atoms with Crippen molar-refractivity contribution < 1.29 is 4.74 Å². The Labute approximate surface area is 137 Å². The molecule has 0 amide bonds. The highest BCUT2D eigenvalue weighted by Crippen LogP contribution is 2.28. The monoisotopic (exact) mass is 396 g/mol. The fourth-order valence-electron chi connectivity index (χ4n) is 2.07. The topological polar surface area (TPSA) is 9.23 Å². The molecule has 1 nitrogen and oxygen atoms in total. The first kappa shape index (κ1) is 15.6. The van der Waals surface area contributed by atoms with Crippen LogP contribution < -0.4 is 4.74 Å². The second-order valence-corrected chi connectivity index (χ2v) is 6.44. The molecule has 0 aliphatic rings. The molecule has 0 radical (unpaired) electrons. The number of halogens is 2. The molecule has 0 aromatic heterocycles. The van der Waals surface area contributed by atoms with Crippen LogP contribution in [0, 0.1) is 6.92 Å². The molecule has 0 saturated carbocycles. The van der Waals surface area contributed by atoms with Gasteiger partial charge in [0.2, 0.25) is 0 Å². The predicted octanol–water partition coefficient (Wildman–Crippen LogP) is 5.98. The van der Waals surface area contributed by atoms with Crippen LogP contribution in [0.15, 0.2) is 46.9 Å². The normalized spacial score (nSPS) is 10.6. The van der Waals surface area contributed by atoms with E-state index in [0.29, 0.717) is 0 Å². The van der Waals surface area contributed by atoms with Gasteiger partial charge in [0.05, 0.1) is 6.61 Å². The Morgan fingerprint density at radius 2 is 1.75 bits per heavy atom. The van der Waals surface area contributed by atoms with E-state index in [4.69, 9.17) is 4.74 Å². The van der Waals surface area contributed by atoms with Gasteiger partial charge in [0, 0.05) is 9.80 Å². The van der Waals surface area contributed by atoms with Crippen molar-refractivity contribution in [3.63, 3.8) is 0 Å². The Morgan fingerprint density at radius 3 is 2.40 bits per heavy atom. The van der Waals surface area contributed by atoms with Gasteiger partial charge >= 0.3 is 0 Å². The minimum absolute atomic E-state index is 0.780. The van der Waals surface area contributed by atoms with Crippen molar-refractivity contribution in [1.82, 2.24) is 0 Å². The zero-order valence-electron chi connectivity index (χ0n) is 11.5. The first-order valence-electron chi connectivity index (χ1n) is 6.76. The molecule has 20 heavy (non-hydrogen) atoms. The van der Waals surface area contributed by atoms with Crippen molar-refractivity contribution in [2.24, 2.45) is 0 Å². The van der Waals surface area contributed by atoms with Crippen molar-refractivity contribution in [3.8, 4) is 16.9 Å². The maximum absolute atomic E-state index is 5.77. The molecule has 0 bridgehead atoms. The maximum Gasteiger partial charge on any atom is 0.119 e. The average molecular weight is 398 g/mol. The number of alkyl halides is 1. The van der Waals surface area contributed by atoms with Crippen molar-refractivity contribution in [1.29, 1.82) is 0 Å². The van der Waals surface area contributed by atoms with Crippen molar-refractivity contribution in [2.75, 3.05) is 11.9 Å². The van der Waals surface area contributed by atoms with Gasteiger partial charge in [-0.2, -0.15) is 0 Å². The lowest BCUT2D eigenvalue weighted by Crippen LogP contribution is -1.98. The number of aryl methyl sites for hydroxylation is 1. The zero-order valence-corrected chi connectivity index (χ0v) is 14.7. The summed E-state index contributed by atoms with van der Waals surface area (Å²) in [4.78, 5) is 0. The van der Waals surface area contributed by atoms with Gasteiger partial charge in [0.15, 0.2) is 0 Å².